The van der Waals surface area contributed by atoms with E-state index < -0.39 is 6.10 Å². The van der Waals surface area contributed by atoms with Crippen molar-refractivity contribution in [1.82, 2.24) is 20.1 Å². The van der Waals surface area contributed by atoms with E-state index in [0.29, 0.717) is 34.0 Å². The number of hydrogen-bond acceptors (Lipinski definition) is 6. The predicted octanol–water partition coefficient (Wildman–Crippen LogP) is 4.64. The summed E-state index contributed by atoms with van der Waals surface area (Å²) in [6.07, 6.45) is 0.286. The van der Waals surface area contributed by atoms with Crippen LogP contribution in [0.4, 0.5) is 5.69 Å². The van der Waals surface area contributed by atoms with Crippen LogP contribution in [0.5, 0.6) is 5.75 Å². The molecule has 0 aliphatic rings. The Labute approximate surface area is 214 Å². The van der Waals surface area contributed by atoms with Crippen LogP contribution in [0.1, 0.15) is 37.7 Å². The summed E-state index contributed by atoms with van der Waals surface area (Å²) >= 11 is 7.40. The monoisotopic (exact) mass is 515 g/mol. The van der Waals surface area contributed by atoms with Gasteiger partial charge in [0, 0.05) is 17.3 Å². The van der Waals surface area contributed by atoms with Crippen LogP contribution in [0.3, 0.4) is 0 Å². The lowest BCUT2D eigenvalue weighted by atomic mass is 10.2. The minimum absolute atomic E-state index is 0.164. The highest BCUT2D eigenvalue weighted by atomic mass is 35.5. The highest BCUT2D eigenvalue weighted by Gasteiger charge is 2.18. The normalized spacial score (nSPS) is 11.7. The van der Waals surface area contributed by atoms with Crippen LogP contribution in [0, 0.1) is 6.92 Å². The van der Waals surface area contributed by atoms with Gasteiger partial charge in [0.05, 0.1) is 12.3 Å². The zero-order valence-electron chi connectivity index (χ0n) is 20.3. The number of nitrogens with zero attached hydrogens (tertiary/aromatic N) is 3. The number of aromatic nitrogens is 3. The molecule has 2 amide bonds. The highest BCUT2D eigenvalue weighted by molar-refractivity contribution is 7.99. The molecule has 0 saturated heterocycles. The van der Waals surface area contributed by atoms with Gasteiger partial charge in [0.2, 0.25) is 5.91 Å². The maximum atomic E-state index is 12.5. The van der Waals surface area contributed by atoms with Gasteiger partial charge in [0.1, 0.15) is 5.75 Å². The summed E-state index contributed by atoms with van der Waals surface area (Å²) in [6.45, 7) is 8.46. The number of carbonyl (C=O) groups excluding carboxylic acids is 2. The molecule has 10 heteroatoms. The van der Waals surface area contributed by atoms with Crippen molar-refractivity contribution in [1.29, 1.82) is 0 Å². The van der Waals surface area contributed by atoms with Crippen LogP contribution >= 0.6 is 23.4 Å². The number of hydrogen-bond donors (Lipinski definition) is 2. The van der Waals surface area contributed by atoms with Crippen LogP contribution in [0.2, 0.25) is 5.02 Å². The summed E-state index contributed by atoms with van der Waals surface area (Å²) in [5.41, 5.74) is 2.80. The number of thioether (sulfide) groups is 1. The van der Waals surface area contributed by atoms with Gasteiger partial charge in [-0.3, -0.25) is 9.59 Å². The maximum absolute atomic E-state index is 12.5. The number of ether oxygens (including phenoxy) is 1. The molecular weight excluding hydrogens is 486 g/mol. The molecular formula is C25H30ClN5O3S. The third kappa shape index (κ3) is 7.47. The van der Waals surface area contributed by atoms with Crippen molar-refractivity contribution in [3.8, 4) is 5.75 Å². The molecule has 1 heterocycles. The number of rotatable bonds is 11. The number of halogens is 1. The molecule has 8 nitrogen and oxygen atoms in total. The van der Waals surface area contributed by atoms with E-state index in [2.05, 4.69) is 27.8 Å². The fourth-order valence-electron chi connectivity index (χ4n) is 3.24. The minimum Gasteiger partial charge on any atom is -0.481 e. The molecule has 0 radical (unpaired) electrons. The van der Waals surface area contributed by atoms with Crippen molar-refractivity contribution in [3.05, 3.63) is 64.4 Å². The molecule has 1 atom stereocenters. The van der Waals surface area contributed by atoms with Crippen molar-refractivity contribution < 1.29 is 14.3 Å². The van der Waals surface area contributed by atoms with E-state index in [1.165, 1.54) is 17.3 Å². The summed E-state index contributed by atoms with van der Waals surface area (Å²) in [4.78, 5) is 24.9. The van der Waals surface area contributed by atoms with Crippen LogP contribution in [0.25, 0.3) is 0 Å². The molecule has 3 rings (SSSR count). The lowest BCUT2D eigenvalue weighted by Crippen LogP contribution is -2.36. The second kappa shape index (κ2) is 12.6. The van der Waals surface area contributed by atoms with Crippen LogP contribution in [-0.2, 0) is 29.1 Å². The molecule has 3 aromatic rings. The van der Waals surface area contributed by atoms with Crippen molar-refractivity contribution in [2.24, 2.45) is 0 Å². The molecule has 0 aliphatic heterocycles. The summed E-state index contributed by atoms with van der Waals surface area (Å²) in [7, 11) is 0. The van der Waals surface area contributed by atoms with Crippen molar-refractivity contribution in [2.45, 2.75) is 58.5 Å². The summed E-state index contributed by atoms with van der Waals surface area (Å²) in [5.74, 6) is 0.992. The number of aryl methyl sites for hydroxylation is 2. The molecule has 0 aliphatic carbocycles. The summed E-state index contributed by atoms with van der Waals surface area (Å²) < 4.78 is 7.61. The smallest absolute Gasteiger partial charge is 0.261 e. The zero-order chi connectivity index (χ0) is 25.4. The number of nitrogens with one attached hydrogen (secondary N) is 2. The summed E-state index contributed by atoms with van der Waals surface area (Å²) in [5, 5.41) is 15.3. The Morgan fingerprint density at radius 2 is 1.89 bits per heavy atom. The Bertz CT molecular complexity index is 1170. The van der Waals surface area contributed by atoms with Gasteiger partial charge < -0.3 is 19.9 Å². The van der Waals surface area contributed by atoms with Gasteiger partial charge in [0.25, 0.3) is 5.91 Å². The van der Waals surface area contributed by atoms with Gasteiger partial charge in [-0.05, 0) is 62.6 Å². The Balaban J connectivity index is 1.51. The first kappa shape index (κ1) is 26.6. The van der Waals surface area contributed by atoms with E-state index in [0.717, 1.165) is 12.0 Å². The lowest BCUT2D eigenvalue weighted by molar-refractivity contribution is -0.127. The third-order valence-corrected chi connectivity index (χ3v) is 6.71. The van der Waals surface area contributed by atoms with Gasteiger partial charge >= 0.3 is 0 Å². The van der Waals surface area contributed by atoms with Crippen molar-refractivity contribution in [3.63, 3.8) is 0 Å². The van der Waals surface area contributed by atoms with Crippen LogP contribution < -0.4 is 15.4 Å². The van der Waals surface area contributed by atoms with Gasteiger partial charge in [-0.1, -0.05) is 48.5 Å². The molecule has 0 saturated carbocycles. The SMILES string of the molecule is CCc1ccc(O[C@H](C)C(=O)NCc2nnc(SCC(=O)Nc3ccc(C)c(Cl)c3)n2CC)cc1. The molecule has 186 valence electrons. The van der Waals surface area contributed by atoms with Crippen LogP contribution in [0.15, 0.2) is 47.6 Å². The molecule has 1 aromatic heterocycles. The number of benzene rings is 2. The van der Waals surface area contributed by atoms with Crippen molar-refractivity contribution >= 4 is 40.9 Å². The zero-order valence-corrected chi connectivity index (χ0v) is 21.9. The van der Waals surface area contributed by atoms with Gasteiger partial charge in [-0.15, -0.1) is 10.2 Å². The van der Waals surface area contributed by atoms with E-state index in [9.17, 15) is 9.59 Å². The first-order chi connectivity index (χ1) is 16.8. The minimum atomic E-state index is -0.659. The van der Waals surface area contributed by atoms with Gasteiger partial charge in [-0.25, -0.2) is 0 Å². The van der Waals surface area contributed by atoms with Crippen molar-refractivity contribution in [2.75, 3.05) is 11.1 Å². The quantitative estimate of drug-likeness (QED) is 0.361. The van der Waals surface area contributed by atoms with E-state index in [1.54, 1.807) is 13.0 Å². The average Bonchev–Trinajstić information content (AvgIpc) is 3.25. The molecule has 0 fully saturated rings. The van der Waals surface area contributed by atoms with E-state index >= 15 is 0 Å². The largest absolute Gasteiger partial charge is 0.481 e. The van der Waals surface area contributed by atoms with E-state index in [-0.39, 0.29) is 24.1 Å². The van der Waals surface area contributed by atoms with Crippen LogP contribution in [-0.4, -0.2) is 38.4 Å². The standard InChI is InChI=1S/C25H30ClN5O3S/c1-5-18-8-11-20(12-9-18)34-17(4)24(33)27-14-22-29-30-25(31(22)6-2)35-15-23(32)28-19-10-7-16(3)21(26)13-19/h7-13,17H,5-6,14-15H2,1-4H3,(H,27,33)(H,28,32)/t17-/m1/s1. The first-order valence-corrected chi connectivity index (χ1v) is 12.8. The number of anilines is 1. The first-order valence-electron chi connectivity index (χ1n) is 11.4. The fraction of sp³-hybridized carbons (Fsp3) is 0.360. The number of carbonyl (C=O) groups is 2. The highest BCUT2D eigenvalue weighted by Crippen LogP contribution is 2.21. The second-order valence-corrected chi connectivity index (χ2v) is 9.27. The maximum Gasteiger partial charge on any atom is 0.261 e. The third-order valence-electron chi connectivity index (χ3n) is 5.33. The van der Waals surface area contributed by atoms with Gasteiger partial charge in [0.15, 0.2) is 17.1 Å². The van der Waals surface area contributed by atoms with E-state index in [1.807, 2.05) is 54.8 Å². The fourth-order valence-corrected chi connectivity index (χ4v) is 4.25. The average molecular weight is 516 g/mol. The molecule has 2 N–H and O–H groups in total. The lowest BCUT2D eigenvalue weighted by Gasteiger charge is -2.15. The Hall–Kier alpha value is -3.04. The Morgan fingerprint density at radius 1 is 1.14 bits per heavy atom. The van der Waals surface area contributed by atoms with Gasteiger partial charge in [-0.2, -0.15) is 0 Å². The predicted molar refractivity (Wildman–Crippen MR) is 139 cm³/mol. The Morgan fingerprint density at radius 3 is 2.54 bits per heavy atom. The Kier molecular flexibility index (Phi) is 9.56. The molecule has 0 unspecified atom stereocenters. The molecule has 0 bridgehead atoms. The number of amides is 2. The molecule has 0 spiro atoms. The molecule has 2 aromatic carbocycles. The van der Waals surface area contributed by atoms with E-state index in [4.69, 9.17) is 16.3 Å². The summed E-state index contributed by atoms with van der Waals surface area (Å²) in [6, 6.07) is 13.1. The second-order valence-electron chi connectivity index (χ2n) is 7.92. The topological polar surface area (TPSA) is 98.1 Å². The molecule has 35 heavy (non-hydrogen) atoms.